The standard InChI is InChI=1S/C11H11Cl2NO4S/c12-7-4-8(13)6-9(5-7)19(17,18)14-11(10(15)16)2-1-3-11/h4-6,14H,1-3H2,(H,15,16). The van der Waals surface area contributed by atoms with Crippen LogP contribution in [0.25, 0.3) is 0 Å². The molecule has 1 aromatic carbocycles. The molecule has 19 heavy (non-hydrogen) atoms. The molecular weight excluding hydrogens is 313 g/mol. The van der Waals surface area contributed by atoms with Crippen molar-refractivity contribution < 1.29 is 18.3 Å². The van der Waals surface area contributed by atoms with Crippen molar-refractivity contribution in [2.75, 3.05) is 0 Å². The van der Waals surface area contributed by atoms with E-state index in [9.17, 15) is 13.2 Å². The minimum atomic E-state index is -3.97. The molecule has 1 aliphatic carbocycles. The van der Waals surface area contributed by atoms with Crippen molar-refractivity contribution in [2.24, 2.45) is 0 Å². The van der Waals surface area contributed by atoms with Crippen LogP contribution in [0.3, 0.4) is 0 Å². The maximum absolute atomic E-state index is 12.2. The van der Waals surface area contributed by atoms with Crippen LogP contribution in [-0.2, 0) is 14.8 Å². The third-order valence-corrected chi connectivity index (χ3v) is 5.04. The summed E-state index contributed by atoms with van der Waals surface area (Å²) in [5, 5.41) is 9.47. The molecule has 0 heterocycles. The topological polar surface area (TPSA) is 83.5 Å². The van der Waals surface area contributed by atoms with Gasteiger partial charge >= 0.3 is 5.97 Å². The molecule has 8 heteroatoms. The van der Waals surface area contributed by atoms with Gasteiger partial charge in [-0.05, 0) is 37.5 Å². The number of aliphatic carboxylic acids is 1. The van der Waals surface area contributed by atoms with Crippen LogP contribution in [0.2, 0.25) is 10.0 Å². The highest BCUT2D eigenvalue weighted by Crippen LogP contribution is 2.34. The van der Waals surface area contributed by atoms with Crippen molar-refractivity contribution in [3.05, 3.63) is 28.2 Å². The number of sulfonamides is 1. The molecule has 5 nitrogen and oxygen atoms in total. The van der Waals surface area contributed by atoms with E-state index in [1.165, 1.54) is 18.2 Å². The molecule has 1 fully saturated rings. The Morgan fingerprint density at radius 1 is 1.21 bits per heavy atom. The molecule has 0 atom stereocenters. The summed E-state index contributed by atoms with van der Waals surface area (Å²) in [7, 11) is -3.97. The fraction of sp³-hybridized carbons (Fsp3) is 0.364. The average Bonchev–Trinajstić information content (AvgIpc) is 2.21. The monoisotopic (exact) mass is 323 g/mol. The number of carbonyl (C=O) groups is 1. The van der Waals surface area contributed by atoms with Crippen molar-refractivity contribution in [1.82, 2.24) is 4.72 Å². The number of hydrogen-bond acceptors (Lipinski definition) is 3. The van der Waals surface area contributed by atoms with Gasteiger partial charge < -0.3 is 5.11 Å². The lowest BCUT2D eigenvalue weighted by Gasteiger charge is -2.37. The van der Waals surface area contributed by atoms with Crippen LogP contribution < -0.4 is 4.72 Å². The zero-order valence-corrected chi connectivity index (χ0v) is 12.0. The summed E-state index contributed by atoms with van der Waals surface area (Å²) in [5.74, 6) is -1.17. The highest BCUT2D eigenvalue weighted by atomic mass is 35.5. The third-order valence-electron chi connectivity index (χ3n) is 3.09. The normalized spacial score (nSPS) is 17.8. The molecule has 0 aliphatic heterocycles. The summed E-state index contributed by atoms with van der Waals surface area (Å²) >= 11 is 11.5. The van der Waals surface area contributed by atoms with E-state index in [4.69, 9.17) is 28.3 Å². The largest absolute Gasteiger partial charge is 0.480 e. The van der Waals surface area contributed by atoms with E-state index < -0.39 is 21.5 Å². The fourth-order valence-corrected chi connectivity index (χ4v) is 4.03. The van der Waals surface area contributed by atoms with Crippen LogP contribution in [-0.4, -0.2) is 25.0 Å². The molecule has 1 aromatic rings. The molecule has 104 valence electrons. The first-order valence-electron chi connectivity index (χ1n) is 5.49. The van der Waals surface area contributed by atoms with Gasteiger partial charge in [0, 0.05) is 10.0 Å². The molecule has 0 amide bonds. The van der Waals surface area contributed by atoms with Gasteiger partial charge in [0.25, 0.3) is 0 Å². The van der Waals surface area contributed by atoms with Crippen molar-refractivity contribution in [3.63, 3.8) is 0 Å². The molecule has 0 bridgehead atoms. The number of nitrogens with one attached hydrogen (secondary N) is 1. The molecule has 2 N–H and O–H groups in total. The number of hydrogen-bond donors (Lipinski definition) is 2. The minimum absolute atomic E-state index is 0.141. The van der Waals surface area contributed by atoms with Crippen molar-refractivity contribution >= 4 is 39.2 Å². The Bertz CT molecular complexity index is 605. The van der Waals surface area contributed by atoms with Crippen molar-refractivity contribution in [2.45, 2.75) is 29.7 Å². The number of carboxylic acid groups (broad SMARTS) is 1. The second-order valence-corrected chi connectivity index (χ2v) is 7.01. The number of benzene rings is 1. The highest BCUT2D eigenvalue weighted by Gasteiger charge is 2.47. The zero-order chi connectivity index (χ0) is 14.3. The second-order valence-electron chi connectivity index (χ2n) is 4.45. The van der Waals surface area contributed by atoms with Gasteiger partial charge in [0.15, 0.2) is 0 Å². The first-order valence-corrected chi connectivity index (χ1v) is 7.73. The fourth-order valence-electron chi connectivity index (χ4n) is 1.89. The maximum atomic E-state index is 12.2. The molecular formula is C11H11Cl2NO4S. The van der Waals surface area contributed by atoms with Gasteiger partial charge in [-0.2, -0.15) is 4.72 Å². The SMILES string of the molecule is O=C(O)C1(NS(=O)(=O)c2cc(Cl)cc(Cl)c2)CCC1. The van der Waals surface area contributed by atoms with E-state index in [1.807, 2.05) is 0 Å². The van der Waals surface area contributed by atoms with E-state index in [-0.39, 0.29) is 27.8 Å². The zero-order valence-electron chi connectivity index (χ0n) is 9.69. The first kappa shape index (κ1) is 14.6. The third kappa shape index (κ3) is 2.86. The summed E-state index contributed by atoms with van der Waals surface area (Å²) in [6.07, 6.45) is 1.22. The Morgan fingerprint density at radius 3 is 2.11 bits per heavy atom. The maximum Gasteiger partial charge on any atom is 0.324 e. The molecule has 0 aromatic heterocycles. The van der Waals surface area contributed by atoms with Gasteiger partial charge in [-0.25, -0.2) is 8.42 Å². The second kappa shape index (κ2) is 4.94. The van der Waals surface area contributed by atoms with Crippen LogP contribution in [0.1, 0.15) is 19.3 Å². The Labute approximate surface area is 120 Å². The van der Waals surface area contributed by atoms with E-state index >= 15 is 0 Å². The molecule has 2 rings (SSSR count). The lowest BCUT2D eigenvalue weighted by Crippen LogP contribution is -2.58. The molecule has 0 unspecified atom stereocenters. The van der Waals surface area contributed by atoms with E-state index in [0.29, 0.717) is 6.42 Å². The van der Waals surface area contributed by atoms with Gasteiger partial charge in [-0.15, -0.1) is 0 Å². The van der Waals surface area contributed by atoms with Crippen LogP contribution in [0.4, 0.5) is 0 Å². The average molecular weight is 324 g/mol. The summed E-state index contributed by atoms with van der Waals surface area (Å²) in [4.78, 5) is 11.0. The van der Waals surface area contributed by atoms with Crippen LogP contribution >= 0.6 is 23.2 Å². The summed E-state index contributed by atoms with van der Waals surface area (Å²) < 4.78 is 26.5. The van der Waals surface area contributed by atoms with Crippen molar-refractivity contribution in [1.29, 1.82) is 0 Å². The van der Waals surface area contributed by atoms with Crippen LogP contribution in [0.15, 0.2) is 23.1 Å². The summed E-state index contributed by atoms with van der Waals surface area (Å²) in [6, 6.07) is 3.85. The van der Waals surface area contributed by atoms with E-state index in [0.717, 1.165) is 0 Å². The first-order chi connectivity index (χ1) is 8.75. The summed E-state index contributed by atoms with van der Waals surface area (Å²) in [6.45, 7) is 0. The Hall–Kier alpha value is -0.820. The predicted octanol–water partition coefficient (Wildman–Crippen LogP) is 2.28. The molecule has 0 spiro atoms. The summed E-state index contributed by atoms with van der Waals surface area (Å²) in [5.41, 5.74) is -1.41. The van der Waals surface area contributed by atoms with E-state index in [1.54, 1.807) is 0 Å². The van der Waals surface area contributed by atoms with E-state index in [2.05, 4.69) is 4.72 Å². The quantitative estimate of drug-likeness (QED) is 0.890. The van der Waals surface area contributed by atoms with Gasteiger partial charge in [-0.3, -0.25) is 4.79 Å². The Morgan fingerprint density at radius 2 is 1.74 bits per heavy atom. The molecule has 0 radical (unpaired) electrons. The number of rotatable bonds is 4. The molecule has 1 saturated carbocycles. The van der Waals surface area contributed by atoms with Crippen LogP contribution in [0.5, 0.6) is 0 Å². The minimum Gasteiger partial charge on any atom is -0.480 e. The number of halogens is 2. The lowest BCUT2D eigenvalue weighted by atomic mass is 9.78. The predicted molar refractivity (Wildman–Crippen MR) is 71.0 cm³/mol. The lowest BCUT2D eigenvalue weighted by molar-refractivity contribution is -0.147. The Balaban J connectivity index is 2.35. The smallest absolute Gasteiger partial charge is 0.324 e. The number of carboxylic acids is 1. The van der Waals surface area contributed by atoms with Crippen LogP contribution in [0, 0.1) is 0 Å². The van der Waals surface area contributed by atoms with Gasteiger partial charge in [0.1, 0.15) is 5.54 Å². The van der Waals surface area contributed by atoms with Gasteiger partial charge in [0.05, 0.1) is 4.90 Å². The molecule has 1 aliphatic rings. The highest BCUT2D eigenvalue weighted by molar-refractivity contribution is 7.89. The van der Waals surface area contributed by atoms with Gasteiger partial charge in [0.2, 0.25) is 10.0 Å². The molecule has 0 saturated heterocycles. The Kier molecular flexibility index (Phi) is 3.79. The van der Waals surface area contributed by atoms with Crippen molar-refractivity contribution in [3.8, 4) is 0 Å². The van der Waals surface area contributed by atoms with Gasteiger partial charge in [-0.1, -0.05) is 23.2 Å².